The number of esters is 2. The maximum absolute atomic E-state index is 13.5. The van der Waals surface area contributed by atoms with E-state index >= 15 is 0 Å². The van der Waals surface area contributed by atoms with Crippen LogP contribution in [-0.4, -0.2) is 95.4 Å². The van der Waals surface area contributed by atoms with Crippen LogP contribution in [0.1, 0.15) is 46.5 Å². The van der Waals surface area contributed by atoms with Gasteiger partial charge in [-0.3, -0.25) is 0 Å². The van der Waals surface area contributed by atoms with Crippen LogP contribution in [0.15, 0.2) is 36.0 Å². The Morgan fingerprint density at radius 1 is 1.10 bits per heavy atom. The summed E-state index contributed by atoms with van der Waals surface area (Å²) in [7, 11) is 0. The fourth-order valence-electron chi connectivity index (χ4n) is 8.37. The number of allylic oxidation sites excluding steroid dienone is 3. The molecule has 1 saturated carbocycles. The minimum atomic E-state index is -1.53. The number of carbonyl (C=O) groups is 2. The van der Waals surface area contributed by atoms with E-state index in [0.29, 0.717) is 19.4 Å². The molecule has 4 bridgehead atoms. The van der Waals surface area contributed by atoms with Gasteiger partial charge >= 0.3 is 11.9 Å². The first kappa shape index (κ1) is 25.9. The SMILES string of the molecule is CC1=CC2OC3CC4OC(=O)C=CC=CC5(C(C)O)OCCC6(OC6C(=O)OCC2(CC1)[C@]4(C)C31CO1)C5O. The Balaban J connectivity index is 1.31. The fourth-order valence-corrected chi connectivity index (χ4v) is 8.37. The Hall–Kier alpha value is -2.08. The Bertz CT molecular complexity index is 1190. The van der Waals surface area contributed by atoms with E-state index in [2.05, 4.69) is 19.9 Å². The zero-order chi connectivity index (χ0) is 27.4. The average molecular weight is 545 g/mol. The predicted molar refractivity (Wildman–Crippen MR) is 133 cm³/mol. The van der Waals surface area contributed by atoms with E-state index < -0.39 is 64.0 Å². The first-order valence-electron chi connectivity index (χ1n) is 13.9. The summed E-state index contributed by atoms with van der Waals surface area (Å²) in [4.78, 5) is 26.6. The molecule has 4 saturated heterocycles. The molecule has 2 aliphatic carbocycles. The molecular formula is C29H36O10. The third-order valence-corrected chi connectivity index (χ3v) is 11.0. The zero-order valence-electron chi connectivity index (χ0n) is 22.5. The molecule has 0 radical (unpaired) electrons. The third kappa shape index (κ3) is 3.18. The fraction of sp³-hybridized carbons (Fsp3) is 0.724. The van der Waals surface area contributed by atoms with E-state index in [1.54, 1.807) is 0 Å². The monoisotopic (exact) mass is 544 g/mol. The van der Waals surface area contributed by atoms with Gasteiger partial charge in [0.15, 0.2) is 6.10 Å². The van der Waals surface area contributed by atoms with E-state index in [9.17, 15) is 19.8 Å². The lowest BCUT2D eigenvalue weighted by molar-refractivity contribution is -0.233. The number of cyclic esters (lactones) is 1. The summed E-state index contributed by atoms with van der Waals surface area (Å²) in [6, 6.07) is 0. The van der Waals surface area contributed by atoms with Crippen molar-refractivity contribution in [3.05, 3.63) is 36.0 Å². The zero-order valence-corrected chi connectivity index (χ0v) is 22.5. The van der Waals surface area contributed by atoms with Crippen molar-refractivity contribution in [3.63, 3.8) is 0 Å². The normalized spacial score (nSPS) is 52.7. The van der Waals surface area contributed by atoms with Crippen molar-refractivity contribution in [1.29, 1.82) is 0 Å². The smallest absolute Gasteiger partial charge is 0.338 e. The lowest BCUT2D eigenvalue weighted by Crippen LogP contribution is -2.67. The second kappa shape index (κ2) is 8.24. The molecule has 10 unspecified atom stereocenters. The van der Waals surface area contributed by atoms with E-state index in [1.165, 1.54) is 36.8 Å². The van der Waals surface area contributed by atoms with Crippen molar-refractivity contribution in [1.82, 2.24) is 0 Å². The van der Waals surface area contributed by atoms with Crippen molar-refractivity contribution in [3.8, 4) is 0 Å². The van der Waals surface area contributed by atoms with Gasteiger partial charge in [0.25, 0.3) is 0 Å². The first-order valence-corrected chi connectivity index (χ1v) is 13.9. The van der Waals surface area contributed by atoms with Gasteiger partial charge in [-0.2, -0.15) is 0 Å². The maximum Gasteiger partial charge on any atom is 0.338 e. The molecule has 3 spiro atoms. The molecule has 0 aromatic carbocycles. The van der Waals surface area contributed by atoms with Crippen LogP contribution in [0, 0.1) is 10.8 Å². The van der Waals surface area contributed by atoms with Crippen LogP contribution in [0.25, 0.3) is 0 Å². The van der Waals surface area contributed by atoms with Gasteiger partial charge in [-0.15, -0.1) is 0 Å². The summed E-state index contributed by atoms with van der Waals surface area (Å²) in [5.74, 6) is -1.10. The van der Waals surface area contributed by atoms with Gasteiger partial charge in [0.1, 0.15) is 35.6 Å². The topological polar surface area (TPSA) is 137 Å². The molecule has 2 N–H and O–H groups in total. The second-order valence-electron chi connectivity index (χ2n) is 12.6. The number of epoxide rings is 2. The lowest BCUT2D eigenvalue weighted by atomic mass is 9.51. The molecule has 0 aromatic rings. The number of rotatable bonds is 1. The van der Waals surface area contributed by atoms with Crippen molar-refractivity contribution in [2.45, 2.75) is 99.9 Å². The minimum absolute atomic E-state index is 0.0302. The molecule has 10 nitrogen and oxygen atoms in total. The number of hydrogen-bond acceptors (Lipinski definition) is 10. The summed E-state index contributed by atoms with van der Waals surface area (Å²) < 4.78 is 36.7. The van der Waals surface area contributed by atoms with Gasteiger partial charge in [-0.1, -0.05) is 30.7 Å². The highest BCUT2D eigenvalue weighted by Crippen LogP contribution is 2.72. The van der Waals surface area contributed by atoms with Crippen LogP contribution >= 0.6 is 0 Å². The van der Waals surface area contributed by atoms with E-state index in [1.807, 2.05) is 0 Å². The number of aliphatic hydroxyl groups excluding tert-OH is 2. The molecule has 7 aliphatic rings. The number of ether oxygens (including phenoxy) is 6. The van der Waals surface area contributed by atoms with Gasteiger partial charge in [-0.05, 0) is 32.8 Å². The summed E-state index contributed by atoms with van der Waals surface area (Å²) in [6.07, 6.45) is 5.66. The van der Waals surface area contributed by atoms with E-state index in [4.69, 9.17) is 28.4 Å². The van der Waals surface area contributed by atoms with Crippen molar-refractivity contribution < 1.29 is 48.2 Å². The molecule has 0 aromatic heterocycles. The van der Waals surface area contributed by atoms with Crippen LogP contribution < -0.4 is 0 Å². The van der Waals surface area contributed by atoms with Crippen molar-refractivity contribution in [2.75, 3.05) is 19.8 Å². The van der Waals surface area contributed by atoms with Crippen LogP contribution in [0.3, 0.4) is 0 Å². The Kier molecular flexibility index (Phi) is 5.46. The third-order valence-electron chi connectivity index (χ3n) is 11.0. The predicted octanol–water partition coefficient (Wildman–Crippen LogP) is 1.28. The Labute approximate surface area is 226 Å². The quantitative estimate of drug-likeness (QED) is 0.282. The molecule has 5 aliphatic heterocycles. The second-order valence-corrected chi connectivity index (χ2v) is 12.6. The van der Waals surface area contributed by atoms with Crippen molar-refractivity contribution in [2.24, 2.45) is 10.8 Å². The molecule has 5 heterocycles. The van der Waals surface area contributed by atoms with Crippen molar-refractivity contribution >= 4 is 11.9 Å². The summed E-state index contributed by atoms with van der Waals surface area (Å²) in [6.45, 7) is 6.35. The number of aliphatic hydroxyl groups is 2. The molecule has 5 fully saturated rings. The molecule has 10 heteroatoms. The van der Waals surface area contributed by atoms with Gasteiger partial charge < -0.3 is 38.6 Å². The van der Waals surface area contributed by atoms with E-state index in [0.717, 1.165) is 6.42 Å². The summed E-state index contributed by atoms with van der Waals surface area (Å²) in [5, 5.41) is 22.1. The highest BCUT2D eigenvalue weighted by molar-refractivity contribution is 5.82. The van der Waals surface area contributed by atoms with E-state index in [-0.39, 0.29) is 31.8 Å². The highest BCUT2D eigenvalue weighted by Gasteiger charge is 2.83. The van der Waals surface area contributed by atoms with Gasteiger partial charge in [-0.25, -0.2) is 9.59 Å². The molecule has 7 rings (SSSR count). The average Bonchev–Trinajstić information content (AvgIpc) is 3.81. The summed E-state index contributed by atoms with van der Waals surface area (Å²) >= 11 is 0. The highest BCUT2D eigenvalue weighted by atomic mass is 16.7. The Morgan fingerprint density at radius 2 is 1.90 bits per heavy atom. The van der Waals surface area contributed by atoms with Gasteiger partial charge in [0.05, 0.1) is 36.9 Å². The molecule has 39 heavy (non-hydrogen) atoms. The first-order chi connectivity index (χ1) is 18.5. The number of carbonyl (C=O) groups excluding carboxylic acids is 2. The minimum Gasteiger partial charge on any atom is -0.463 e. The number of fused-ring (bicyclic) bond motifs is 1. The lowest BCUT2D eigenvalue weighted by Gasteiger charge is -2.58. The van der Waals surface area contributed by atoms with Gasteiger partial charge in [0.2, 0.25) is 0 Å². The molecule has 212 valence electrons. The van der Waals surface area contributed by atoms with Crippen LogP contribution in [0.5, 0.6) is 0 Å². The molecular weight excluding hydrogens is 508 g/mol. The van der Waals surface area contributed by atoms with Crippen LogP contribution in [-0.2, 0) is 38.0 Å². The summed E-state index contributed by atoms with van der Waals surface area (Å²) in [5.41, 5.74) is -3.53. The molecule has 11 atom stereocenters. The largest absolute Gasteiger partial charge is 0.463 e. The van der Waals surface area contributed by atoms with Crippen LogP contribution in [0.2, 0.25) is 0 Å². The Morgan fingerprint density at radius 3 is 2.64 bits per heavy atom. The van der Waals surface area contributed by atoms with Gasteiger partial charge in [0, 0.05) is 24.3 Å². The van der Waals surface area contributed by atoms with Crippen LogP contribution in [0.4, 0.5) is 0 Å². The maximum atomic E-state index is 13.5. The molecule has 0 amide bonds. The number of hydrogen-bond donors (Lipinski definition) is 2. The standard InChI is InChI=1S/C29H36O10/c1-16-7-9-26-14-34-23(32)22-28(39-22)10-11-35-27(17(2)30,24(28)33)8-5-4-6-21(31)38-18-13-20(37-19(26)12-16)29(15-36-29)25(18,26)3/h4-6,8,12,17-20,22,24,30,33H,7,9-11,13-15H2,1-3H3/t17?,18?,19?,20?,22?,24?,25-,26?,27?,28?,29?/m1/s1.